The van der Waals surface area contributed by atoms with Crippen LogP contribution in [0.2, 0.25) is 0 Å². The Balaban J connectivity index is 1.49. The standard InChI is InChI=1S/C20H22N4O3S/c1-13-5-4-6-16(14(13)2)21-17(25)11-24(3)19(26)8-7-18-22-20(23-27-18)15-9-10-28-12-15/h4-6,9-10,12H,7-8,11H2,1-3H3,(H,21,25). The number of aromatic nitrogens is 2. The number of hydrogen-bond donors (Lipinski definition) is 1. The van der Waals surface area contributed by atoms with E-state index in [0.29, 0.717) is 18.1 Å². The van der Waals surface area contributed by atoms with E-state index in [1.165, 1.54) is 4.90 Å². The van der Waals surface area contributed by atoms with Gasteiger partial charge in [0.15, 0.2) is 0 Å². The molecule has 0 fully saturated rings. The lowest BCUT2D eigenvalue weighted by Gasteiger charge is -2.17. The molecule has 7 nitrogen and oxygen atoms in total. The lowest BCUT2D eigenvalue weighted by Crippen LogP contribution is -2.35. The molecule has 146 valence electrons. The molecule has 0 bridgehead atoms. The first-order valence-corrected chi connectivity index (χ1v) is 9.83. The number of amides is 2. The molecule has 0 aliphatic carbocycles. The van der Waals surface area contributed by atoms with Gasteiger partial charge in [-0.05, 0) is 42.5 Å². The molecule has 2 aromatic heterocycles. The molecule has 8 heteroatoms. The quantitative estimate of drug-likeness (QED) is 0.659. The van der Waals surface area contributed by atoms with Gasteiger partial charge < -0.3 is 14.7 Å². The largest absolute Gasteiger partial charge is 0.339 e. The molecule has 3 aromatic rings. The summed E-state index contributed by atoms with van der Waals surface area (Å²) < 4.78 is 5.20. The average Bonchev–Trinajstić information content (AvgIpc) is 3.34. The van der Waals surface area contributed by atoms with Crippen LogP contribution in [0, 0.1) is 13.8 Å². The van der Waals surface area contributed by atoms with E-state index in [9.17, 15) is 9.59 Å². The number of hydrogen-bond acceptors (Lipinski definition) is 6. The Kier molecular flexibility index (Phi) is 6.20. The van der Waals surface area contributed by atoms with Crippen molar-refractivity contribution < 1.29 is 14.1 Å². The molecule has 0 atom stereocenters. The molecule has 0 saturated heterocycles. The fourth-order valence-electron chi connectivity index (χ4n) is 2.65. The summed E-state index contributed by atoms with van der Waals surface area (Å²) in [4.78, 5) is 30.3. The van der Waals surface area contributed by atoms with Crippen molar-refractivity contribution in [3.63, 3.8) is 0 Å². The molecule has 2 amide bonds. The predicted molar refractivity (Wildman–Crippen MR) is 108 cm³/mol. The van der Waals surface area contributed by atoms with Crippen LogP contribution in [-0.4, -0.2) is 40.4 Å². The third-order valence-electron chi connectivity index (χ3n) is 4.49. The van der Waals surface area contributed by atoms with Gasteiger partial charge in [0.05, 0.1) is 6.54 Å². The molecule has 0 spiro atoms. The van der Waals surface area contributed by atoms with Crippen LogP contribution in [0.15, 0.2) is 39.5 Å². The van der Waals surface area contributed by atoms with Crippen LogP contribution < -0.4 is 5.32 Å². The minimum atomic E-state index is -0.234. The number of aryl methyl sites for hydroxylation is 2. The number of carbonyl (C=O) groups is 2. The van der Waals surface area contributed by atoms with E-state index >= 15 is 0 Å². The Bertz CT molecular complexity index is 966. The first-order chi connectivity index (χ1) is 13.4. The van der Waals surface area contributed by atoms with Crippen molar-refractivity contribution in [2.24, 2.45) is 0 Å². The Hall–Kier alpha value is -3.00. The Labute approximate surface area is 167 Å². The van der Waals surface area contributed by atoms with Crippen LogP contribution in [0.5, 0.6) is 0 Å². The van der Waals surface area contributed by atoms with Crippen LogP contribution in [0.4, 0.5) is 5.69 Å². The van der Waals surface area contributed by atoms with Gasteiger partial charge in [0.2, 0.25) is 23.5 Å². The molecule has 0 unspecified atom stereocenters. The summed E-state index contributed by atoms with van der Waals surface area (Å²) in [7, 11) is 1.61. The monoisotopic (exact) mass is 398 g/mol. The summed E-state index contributed by atoms with van der Waals surface area (Å²) >= 11 is 1.55. The maximum Gasteiger partial charge on any atom is 0.243 e. The molecule has 1 N–H and O–H groups in total. The highest BCUT2D eigenvalue weighted by atomic mass is 32.1. The van der Waals surface area contributed by atoms with E-state index < -0.39 is 0 Å². The molecule has 0 aliphatic heterocycles. The smallest absolute Gasteiger partial charge is 0.243 e. The second kappa shape index (κ2) is 8.79. The van der Waals surface area contributed by atoms with Crippen molar-refractivity contribution in [2.75, 3.05) is 18.9 Å². The van der Waals surface area contributed by atoms with E-state index in [4.69, 9.17) is 4.52 Å². The normalized spacial score (nSPS) is 10.7. The molecule has 2 heterocycles. The van der Waals surface area contributed by atoms with Crippen LogP contribution in [-0.2, 0) is 16.0 Å². The van der Waals surface area contributed by atoms with E-state index in [0.717, 1.165) is 22.4 Å². The van der Waals surface area contributed by atoms with Gasteiger partial charge in [-0.15, -0.1) is 0 Å². The van der Waals surface area contributed by atoms with Crippen molar-refractivity contribution in [3.05, 3.63) is 52.0 Å². The van der Waals surface area contributed by atoms with Crippen LogP contribution >= 0.6 is 11.3 Å². The maximum absolute atomic E-state index is 12.3. The van der Waals surface area contributed by atoms with Crippen molar-refractivity contribution in [1.29, 1.82) is 0 Å². The van der Waals surface area contributed by atoms with Gasteiger partial charge >= 0.3 is 0 Å². The SMILES string of the molecule is Cc1cccc(NC(=O)CN(C)C(=O)CCc2nc(-c3ccsc3)no2)c1C. The fraction of sp³-hybridized carbons (Fsp3) is 0.300. The highest BCUT2D eigenvalue weighted by Gasteiger charge is 2.16. The number of nitrogens with zero attached hydrogens (tertiary/aromatic N) is 3. The van der Waals surface area contributed by atoms with Gasteiger partial charge in [0, 0.05) is 36.5 Å². The zero-order chi connectivity index (χ0) is 20.1. The number of carbonyl (C=O) groups excluding carboxylic acids is 2. The summed E-state index contributed by atoms with van der Waals surface area (Å²) in [5.74, 6) is 0.529. The van der Waals surface area contributed by atoms with Gasteiger partial charge in [-0.25, -0.2) is 0 Å². The molecule has 28 heavy (non-hydrogen) atoms. The van der Waals surface area contributed by atoms with Gasteiger partial charge in [-0.3, -0.25) is 9.59 Å². The number of benzene rings is 1. The summed E-state index contributed by atoms with van der Waals surface area (Å²) in [6.45, 7) is 3.92. The number of likely N-dealkylation sites (N-methyl/N-ethyl adjacent to an activating group) is 1. The minimum Gasteiger partial charge on any atom is -0.339 e. The summed E-state index contributed by atoms with van der Waals surface area (Å²) in [6.07, 6.45) is 0.525. The maximum atomic E-state index is 12.3. The number of nitrogens with one attached hydrogen (secondary N) is 1. The van der Waals surface area contributed by atoms with Crippen LogP contribution in [0.1, 0.15) is 23.4 Å². The predicted octanol–water partition coefficient (Wildman–Crippen LogP) is 3.44. The molecule has 0 aliphatic rings. The van der Waals surface area contributed by atoms with Gasteiger partial charge in [-0.1, -0.05) is 17.3 Å². The molecule has 0 saturated carbocycles. The topological polar surface area (TPSA) is 88.3 Å². The van der Waals surface area contributed by atoms with Gasteiger partial charge in [0.25, 0.3) is 0 Å². The second-order valence-corrected chi connectivity index (χ2v) is 7.35. The molecule has 0 radical (unpaired) electrons. The molecule has 3 rings (SSSR count). The van der Waals surface area contributed by atoms with Crippen molar-refractivity contribution >= 4 is 28.8 Å². The summed E-state index contributed by atoms with van der Waals surface area (Å²) in [5, 5.41) is 10.7. The van der Waals surface area contributed by atoms with E-state index in [1.54, 1.807) is 18.4 Å². The molecule has 1 aromatic carbocycles. The Morgan fingerprint density at radius 1 is 1.25 bits per heavy atom. The lowest BCUT2D eigenvalue weighted by atomic mass is 10.1. The van der Waals surface area contributed by atoms with Crippen LogP contribution in [0.25, 0.3) is 11.4 Å². The van der Waals surface area contributed by atoms with Gasteiger partial charge in [-0.2, -0.15) is 16.3 Å². The Morgan fingerprint density at radius 3 is 2.82 bits per heavy atom. The highest BCUT2D eigenvalue weighted by molar-refractivity contribution is 7.08. The third-order valence-corrected chi connectivity index (χ3v) is 5.17. The van der Waals surface area contributed by atoms with Gasteiger partial charge in [0.1, 0.15) is 0 Å². The second-order valence-electron chi connectivity index (χ2n) is 6.57. The Morgan fingerprint density at radius 2 is 2.07 bits per heavy atom. The zero-order valence-corrected chi connectivity index (χ0v) is 16.9. The lowest BCUT2D eigenvalue weighted by molar-refractivity contribution is -0.133. The first-order valence-electron chi connectivity index (χ1n) is 8.89. The zero-order valence-electron chi connectivity index (χ0n) is 16.1. The number of anilines is 1. The number of thiophene rings is 1. The molecular weight excluding hydrogens is 376 g/mol. The minimum absolute atomic E-state index is 0.0177. The van der Waals surface area contributed by atoms with E-state index in [1.807, 2.05) is 48.9 Å². The average molecular weight is 398 g/mol. The third kappa shape index (κ3) is 4.83. The van der Waals surface area contributed by atoms with Crippen molar-refractivity contribution in [3.8, 4) is 11.4 Å². The summed E-state index contributed by atoms with van der Waals surface area (Å²) in [6, 6.07) is 7.64. The first kappa shape index (κ1) is 19.8. The van der Waals surface area contributed by atoms with E-state index in [-0.39, 0.29) is 24.8 Å². The van der Waals surface area contributed by atoms with E-state index in [2.05, 4.69) is 15.5 Å². The van der Waals surface area contributed by atoms with Crippen molar-refractivity contribution in [1.82, 2.24) is 15.0 Å². The number of rotatable bonds is 7. The van der Waals surface area contributed by atoms with Crippen LogP contribution in [0.3, 0.4) is 0 Å². The summed E-state index contributed by atoms with van der Waals surface area (Å²) in [5.41, 5.74) is 3.77. The highest BCUT2D eigenvalue weighted by Crippen LogP contribution is 2.19. The fourth-order valence-corrected chi connectivity index (χ4v) is 3.28. The van der Waals surface area contributed by atoms with Crippen molar-refractivity contribution in [2.45, 2.75) is 26.7 Å². The molecular formula is C20H22N4O3S.